The maximum Gasteiger partial charge on any atom is 0.416 e. The number of hydrogen-bond acceptors (Lipinski definition) is 7. The molecule has 2 aromatic rings. The number of aromatic nitrogens is 2. The van der Waals surface area contributed by atoms with Crippen LogP contribution in [0.4, 0.5) is 13.2 Å². The normalized spacial score (nSPS) is 20.3. The molecule has 0 spiro atoms. The van der Waals surface area contributed by atoms with Crippen molar-refractivity contribution >= 4 is 30.7 Å². The molecule has 0 saturated heterocycles. The van der Waals surface area contributed by atoms with E-state index in [1.54, 1.807) is 0 Å². The number of halogens is 3. The van der Waals surface area contributed by atoms with Crippen LogP contribution in [-0.2, 0) is 37.8 Å². The maximum absolute atomic E-state index is 13.4. The third-order valence-electron chi connectivity index (χ3n) is 5.17. The van der Waals surface area contributed by atoms with Gasteiger partial charge in [-0.3, -0.25) is 0 Å². The first-order valence-corrected chi connectivity index (χ1v) is 12.5. The van der Waals surface area contributed by atoms with E-state index in [9.17, 15) is 30.0 Å². The third kappa shape index (κ3) is 3.49. The Morgan fingerprint density at radius 3 is 2.32 bits per heavy atom. The monoisotopic (exact) mass is 478 g/mol. The molecule has 0 aliphatic carbocycles. The van der Waals surface area contributed by atoms with Gasteiger partial charge in [-0.25, -0.2) is 21.8 Å². The summed E-state index contributed by atoms with van der Waals surface area (Å²) >= 11 is 0. The number of nitrogens with one attached hydrogen (secondary N) is 1. The molecule has 1 aromatic carbocycles. The molecule has 0 radical (unpaired) electrons. The highest BCUT2D eigenvalue weighted by Crippen LogP contribution is 2.42. The molecule has 8 nitrogen and oxygen atoms in total. The van der Waals surface area contributed by atoms with Gasteiger partial charge in [0.2, 0.25) is 4.87 Å². The summed E-state index contributed by atoms with van der Waals surface area (Å²) in [7, 11) is -7.00. The Labute approximate surface area is 177 Å². The van der Waals surface area contributed by atoms with Crippen molar-refractivity contribution in [2.45, 2.75) is 24.9 Å². The van der Waals surface area contributed by atoms with Gasteiger partial charge in [0.1, 0.15) is 0 Å². The van der Waals surface area contributed by atoms with Crippen molar-refractivity contribution in [1.29, 1.82) is 0 Å². The number of aryl methyl sites for hydroxylation is 1. The number of hydrogen-bond donors (Lipinski definition) is 2. The molecule has 1 aliphatic heterocycles. The van der Waals surface area contributed by atoms with Crippen LogP contribution in [0.3, 0.4) is 0 Å². The fourth-order valence-corrected chi connectivity index (χ4v) is 6.98. The Morgan fingerprint density at radius 1 is 1.13 bits per heavy atom. The van der Waals surface area contributed by atoms with Crippen LogP contribution in [0.1, 0.15) is 25.2 Å². The molecule has 31 heavy (non-hydrogen) atoms. The molecule has 170 valence electrons. The van der Waals surface area contributed by atoms with Crippen molar-refractivity contribution in [3.8, 4) is 0 Å². The lowest BCUT2D eigenvalue weighted by atomic mass is 10.2. The summed E-state index contributed by atoms with van der Waals surface area (Å²) in [5.41, 5.74) is 4.92. The van der Waals surface area contributed by atoms with Gasteiger partial charge in [0.15, 0.2) is 25.5 Å². The Bertz CT molecular complexity index is 1330. The lowest BCUT2D eigenvalue weighted by molar-refractivity contribution is -0.137. The van der Waals surface area contributed by atoms with Gasteiger partial charge < -0.3 is 15.6 Å². The second-order valence-corrected chi connectivity index (χ2v) is 11.6. The zero-order chi connectivity index (χ0) is 23.4. The van der Waals surface area contributed by atoms with Crippen molar-refractivity contribution in [2.24, 2.45) is 12.8 Å². The maximum atomic E-state index is 13.4. The van der Waals surface area contributed by atoms with Crippen LogP contribution in [0.5, 0.6) is 0 Å². The zero-order valence-corrected chi connectivity index (χ0v) is 18.5. The lowest BCUT2D eigenvalue weighted by Crippen LogP contribution is -2.56. The van der Waals surface area contributed by atoms with Crippen molar-refractivity contribution in [3.63, 3.8) is 0 Å². The van der Waals surface area contributed by atoms with Crippen molar-refractivity contribution in [1.82, 2.24) is 14.9 Å². The number of rotatable bonds is 5. The highest BCUT2D eigenvalue weighted by atomic mass is 32.2. The van der Waals surface area contributed by atoms with E-state index in [4.69, 9.17) is 5.73 Å². The van der Waals surface area contributed by atoms with Crippen LogP contribution >= 0.6 is 0 Å². The predicted molar refractivity (Wildman–Crippen MR) is 110 cm³/mol. The van der Waals surface area contributed by atoms with E-state index in [1.807, 2.05) is 0 Å². The molecular formula is C18H21F3N4O4S2. The number of imidazole rings is 1. The standard InChI is InChI=1S/C18H21F3N4O4S2/c1-4-30(26,27)14-8-9-15(22)24-17(14,31(28,29)5-2)16-23-12-10-11(18(19,20)21)6-7-13(12)25(16)3/h6-10,24H,4-5,22H2,1-3H3. The minimum Gasteiger partial charge on any atom is -0.385 e. The minimum atomic E-state index is -4.63. The number of sulfone groups is 2. The van der Waals surface area contributed by atoms with Gasteiger partial charge in [0.25, 0.3) is 0 Å². The highest BCUT2D eigenvalue weighted by Gasteiger charge is 2.56. The van der Waals surface area contributed by atoms with Gasteiger partial charge in [0.05, 0.1) is 38.8 Å². The molecule has 1 atom stereocenters. The first-order chi connectivity index (χ1) is 14.2. The molecule has 0 saturated carbocycles. The predicted octanol–water partition coefficient (Wildman–Crippen LogP) is 1.90. The molecule has 1 unspecified atom stereocenters. The number of nitrogens with zero attached hydrogens (tertiary/aromatic N) is 2. The van der Waals surface area contributed by atoms with Gasteiger partial charge in [-0.1, -0.05) is 13.8 Å². The summed E-state index contributed by atoms with van der Waals surface area (Å²) in [6, 6.07) is 2.78. The van der Waals surface area contributed by atoms with Crippen LogP contribution in [0.2, 0.25) is 0 Å². The molecule has 1 aromatic heterocycles. The van der Waals surface area contributed by atoms with Gasteiger partial charge in [0, 0.05) is 7.05 Å². The molecule has 3 N–H and O–H groups in total. The van der Waals surface area contributed by atoms with Crippen LogP contribution in [0, 0.1) is 0 Å². The summed E-state index contributed by atoms with van der Waals surface area (Å²) < 4.78 is 93.3. The zero-order valence-electron chi connectivity index (χ0n) is 16.9. The SMILES string of the molecule is CCS(=O)(=O)C1=CC=C(N)NC1(c1nc2cc(C(F)(F)F)ccc2n1C)S(=O)(=O)CC. The second kappa shape index (κ2) is 7.26. The number of fused-ring (bicyclic) bond motifs is 1. The highest BCUT2D eigenvalue weighted by molar-refractivity contribution is 7.98. The van der Waals surface area contributed by atoms with Gasteiger partial charge in [-0.15, -0.1) is 0 Å². The molecule has 13 heteroatoms. The van der Waals surface area contributed by atoms with E-state index < -0.39 is 52.7 Å². The number of nitrogens with two attached hydrogens (primary N) is 1. The second-order valence-electron chi connectivity index (χ2n) is 6.96. The van der Waals surface area contributed by atoms with E-state index in [0.717, 1.165) is 24.3 Å². The Hall–Kier alpha value is -2.54. The van der Waals surface area contributed by atoms with E-state index >= 15 is 0 Å². The smallest absolute Gasteiger partial charge is 0.385 e. The molecule has 0 fully saturated rings. The molecule has 1 aliphatic rings. The molecule has 0 bridgehead atoms. The van der Waals surface area contributed by atoms with Gasteiger partial charge in [-0.2, -0.15) is 13.2 Å². The Balaban J connectivity index is 2.46. The quantitative estimate of drug-likeness (QED) is 0.673. The first kappa shape index (κ1) is 23.1. The van der Waals surface area contributed by atoms with E-state index in [1.165, 1.54) is 31.5 Å². The molecule has 0 amide bonds. The van der Waals surface area contributed by atoms with Crippen molar-refractivity contribution < 1.29 is 30.0 Å². The number of alkyl halides is 3. The van der Waals surface area contributed by atoms with Crippen LogP contribution < -0.4 is 11.1 Å². The topological polar surface area (TPSA) is 124 Å². The average molecular weight is 479 g/mol. The number of dihydropyridines is 1. The summed E-state index contributed by atoms with van der Waals surface area (Å²) in [6.07, 6.45) is -2.32. The van der Waals surface area contributed by atoms with Gasteiger partial charge >= 0.3 is 6.18 Å². The average Bonchev–Trinajstić information content (AvgIpc) is 3.03. The molecular weight excluding hydrogens is 457 g/mol. The van der Waals surface area contributed by atoms with E-state index in [2.05, 4.69) is 10.3 Å². The van der Waals surface area contributed by atoms with Crippen molar-refractivity contribution in [2.75, 3.05) is 11.5 Å². The molecule has 3 rings (SSSR count). The summed E-state index contributed by atoms with van der Waals surface area (Å²) in [5.74, 6) is -1.32. The fourth-order valence-electron chi connectivity index (χ4n) is 3.51. The summed E-state index contributed by atoms with van der Waals surface area (Å²) in [5, 5.41) is 2.57. The van der Waals surface area contributed by atoms with Crippen molar-refractivity contribution in [3.05, 3.63) is 52.5 Å². The largest absolute Gasteiger partial charge is 0.416 e. The van der Waals surface area contributed by atoms with Crippen LogP contribution in [0.25, 0.3) is 11.0 Å². The van der Waals surface area contributed by atoms with Crippen LogP contribution in [-0.4, -0.2) is 37.9 Å². The van der Waals surface area contributed by atoms with E-state index in [0.29, 0.717) is 0 Å². The van der Waals surface area contributed by atoms with E-state index in [-0.39, 0.29) is 22.7 Å². The van der Waals surface area contributed by atoms with Gasteiger partial charge in [-0.05, 0) is 30.4 Å². The third-order valence-corrected chi connectivity index (χ3v) is 9.37. The fraction of sp³-hybridized carbons (Fsp3) is 0.389. The minimum absolute atomic E-state index is 0.130. The summed E-state index contributed by atoms with van der Waals surface area (Å²) in [6.45, 7) is 2.68. The Morgan fingerprint density at radius 2 is 1.77 bits per heavy atom. The first-order valence-electron chi connectivity index (χ1n) is 9.16. The van der Waals surface area contributed by atoms with Crippen LogP contribution in [0.15, 0.2) is 41.1 Å². The lowest BCUT2D eigenvalue weighted by Gasteiger charge is -2.37. The molecule has 2 heterocycles. The summed E-state index contributed by atoms with van der Waals surface area (Å²) in [4.78, 5) is 1.27. The number of benzene rings is 1. The number of allylic oxidation sites excluding steroid dienone is 2. The Kier molecular flexibility index (Phi) is 5.42.